The fourth-order valence-corrected chi connectivity index (χ4v) is 3.21. The molecule has 1 aromatic heterocycles. The maximum Gasteiger partial charge on any atom is 0.269 e. The topological polar surface area (TPSA) is 48.0 Å². The Morgan fingerprint density at radius 2 is 2.18 bits per heavy atom. The van der Waals surface area contributed by atoms with Gasteiger partial charge in [-0.3, -0.25) is 8.75 Å². The summed E-state index contributed by atoms with van der Waals surface area (Å²) in [6.45, 7) is 3.89. The zero-order valence-electron chi connectivity index (χ0n) is 9.77. The number of hydrogen-bond donors (Lipinski definition) is 1. The van der Waals surface area contributed by atoms with E-state index in [9.17, 15) is 4.79 Å². The summed E-state index contributed by atoms with van der Waals surface area (Å²) < 4.78 is 2.66. The van der Waals surface area contributed by atoms with E-state index in [0.717, 1.165) is 10.1 Å². The van der Waals surface area contributed by atoms with Gasteiger partial charge < -0.3 is 5.73 Å². The minimum atomic E-state index is -0.573. The second-order valence-electron chi connectivity index (χ2n) is 4.18. The SMILES string of the molecule is CCC(C)(C(N)=S)n1sc2ccccc2c1=O. The molecule has 0 fully saturated rings. The van der Waals surface area contributed by atoms with Gasteiger partial charge in [-0.05, 0) is 25.5 Å². The third kappa shape index (κ3) is 1.79. The molecule has 2 N–H and O–H groups in total. The summed E-state index contributed by atoms with van der Waals surface area (Å²) in [6, 6.07) is 7.56. The number of fused-ring (bicyclic) bond motifs is 1. The number of hydrogen-bond acceptors (Lipinski definition) is 3. The van der Waals surface area contributed by atoms with Crippen molar-refractivity contribution in [3.63, 3.8) is 0 Å². The Morgan fingerprint density at radius 1 is 1.53 bits per heavy atom. The molecule has 1 unspecified atom stereocenters. The highest BCUT2D eigenvalue weighted by atomic mass is 32.1. The molecule has 0 radical (unpaired) electrons. The van der Waals surface area contributed by atoms with E-state index in [1.54, 1.807) is 3.96 Å². The largest absolute Gasteiger partial charge is 0.391 e. The summed E-state index contributed by atoms with van der Waals surface area (Å²) in [5, 5.41) is 0.730. The van der Waals surface area contributed by atoms with Gasteiger partial charge in [0.25, 0.3) is 5.56 Å². The van der Waals surface area contributed by atoms with Crippen LogP contribution in [0.2, 0.25) is 0 Å². The van der Waals surface area contributed by atoms with E-state index >= 15 is 0 Å². The van der Waals surface area contributed by atoms with Crippen LogP contribution >= 0.6 is 23.8 Å². The van der Waals surface area contributed by atoms with Crippen molar-refractivity contribution in [1.82, 2.24) is 3.96 Å². The Labute approximate surface area is 109 Å². The van der Waals surface area contributed by atoms with Crippen molar-refractivity contribution in [2.24, 2.45) is 5.73 Å². The zero-order valence-corrected chi connectivity index (χ0v) is 11.4. The Bertz CT molecular complexity index is 629. The van der Waals surface area contributed by atoms with E-state index in [-0.39, 0.29) is 5.56 Å². The molecule has 0 aliphatic carbocycles. The van der Waals surface area contributed by atoms with Gasteiger partial charge in [0.1, 0.15) is 5.54 Å². The Hall–Kier alpha value is -1.20. The smallest absolute Gasteiger partial charge is 0.269 e. The van der Waals surface area contributed by atoms with Crippen LogP contribution in [-0.2, 0) is 5.54 Å². The van der Waals surface area contributed by atoms with Crippen LogP contribution in [0.1, 0.15) is 20.3 Å². The monoisotopic (exact) mass is 266 g/mol. The molecule has 0 aliphatic rings. The summed E-state index contributed by atoms with van der Waals surface area (Å²) in [5.74, 6) is 0. The van der Waals surface area contributed by atoms with Crippen molar-refractivity contribution < 1.29 is 0 Å². The maximum absolute atomic E-state index is 12.3. The van der Waals surface area contributed by atoms with E-state index in [0.29, 0.717) is 11.4 Å². The lowest BCUT2D eigenvalue weighted by Gasteiger charge is -2.26. The van der Waals surface area contributed by atoms with Gasteiger partial charge in [-0.15, -0.1) is 0 Å². The van der Waals surface area contributed by atoms with Crippen molar-refractivity contribution in [2.75, 3.05) is 0 Å². The van der Waals surface area contributed by atoms with E-state index in [2.05, 4.69) is 0 Å². The molecule has 17 heavy (non-hydrogen) atoms. The normalized spacial score (nSPS) is 14.7. The Kier molecular flexibility index (Phi) is 3.05. The van der Waals surface area contributed by atoms with Crippen molar-refractivity contribution in [3.05, 3.63) is 34.6 Å². The lowest BCUT2D eigenvalue weighted by Crippen LogP contribution is -2.45. The molecule has 0 bridgehead atoms. The van der Waals surface area contributed by atoms with Crippen molar-refractivity contribution in [3.8, 4) is 0 Å². The number of rotatable bonds is 3. The standard InChI is InChI=1S/C12H14N2OS2/c1-3-12(2,11(13)16)14-10(15)8-6-4-5-7-9(8)17-14/h4-7H,3H2,1-2H3,(H2,13,16). The molecule has 5 heteroatoms. The Morgan fingerprint density at radius 3 is 2.71 bits per heavy atom. The second-order valence-corrected chi connectivity index (χ2v) is 5.61. The molecule has 1 atom stereocenters. The third-order valence-electron chi connectivity index (χ3n) is 3.16. The molecule has 3 nitrogen and oxygen atoms in total. The van der Waals surface area contributed by atoms with E-state index in [1.807, 2.05) is 38.1 Å². The van der Waals surface area contributed by atoms with Crippen LogP contribution in [0.25, 0.3) is 10.1 Å². The fraction of sp³-hybridized carbons (Fsp3) is 0.333. The zero-order chi connectivity index (χ0) is 12.6. The molecule has 0 amide bonds. The number of nitrogens with zero attached hydrogens (tertiary/aromatic N) is 1. The quantitative estimate of drug-likeness (QED) is 0.868. The van der Waals surface area contributed by atoms with E-state index in [4.69, 9.17) is 18.0 Å². The van der Waals surface area contributed by atoms with Crippen LogP contribution in [0, 0.1) is 0 Å². The minimum Gasteiger partial charge on any atom is -0.391 e. The van der Waals surface area contributed by atoms with Gasteiger partial charge in [-0.1, -0.05) is 42.8 Å². The van der Waals surface area contributed by atoms with Crippen LogP contribution in [0.5, 0.6) is 0 Å². The van der Waals surface area contributed by atoms with Gasteiger partial charge in [0.2, 0.25) is 0 Å². The summed E-state index contributed by atoms with van der Waals surface area (Å²) >= 11 is 6.52. The van der Waals surface area contributed by atoms with Crippen molar-refractivity contribution in [2.45, 2.75) is 25.8 Å². The van der Waals surface area contributed by atoms with E-state index in [1.165, 1.54) is 11.5 Å². The average molecular weight is 266 g/mol. The molecule has 1 heterocycles. The number of benzene rings is 1. The predicted molar refractivity (Wildman–Crippen MR) is 76.8 cm³/mol. The molecule has 2 aromatic rings. The predicted octanol–water partition coefficient (Wildman–Crippen LogP) is 2.47. The Balaban J connectivity index is 2.76. The number of nitrogens with two attached hydrogens (primary N) is 1. The van der Waals surface area contributed by atoms with Gasteiger partial charge in [0, 0.05) is 0 Å². The number of aromatic nitrogens is 1. The van der Waals surface area contributed by atoms with Gasteiger partial charge in [0.05, 0.1) is 15.1 Å². The van der Waals surface area contributed by atoms with Gasteiger partial charge >= 0.3 is 0 Å². The molecular formula is C12H14N2OS2. The maximum atomic E-state index is 12.3. The highest BCUT2D eigenvalue weighted by molar-refractivity contribution is 7.80. The van der Waals surface area contributed by atoms with Crippen molar-refractivity contribution in [1.29, 1.82) is 0 Å². The molecule has 0 saturated carbocycles. The van der Waals surface area contributed by atoms with Crippen LogP contribution in [0.4, 0.5) is 0 Å². The van der Waals surface area contributed by atoms with Gasteiger partial charge in [0.15, 0.2) is 0 Å². The summed E-state index contributed by atoms with van der Waals surface area (Å²) in [4.78, 5) is 12.7. The summed E-state index contributed by atoms with van der Waals surface area (Å²) in [6.07, 6.45) is 0.703. The first kappa shape index (κ1) is 12.3. The molecule has 0 saturated heterocycles. The first-order valence-corrected chi connectivity index (χ1v) is 6.60. The summed E-state index contributed by atoms with van der Waals surface area (Å²) in [5.41, 5.74) is 5.20. The molecular weight excluding hydrogens is 252 g/mol. The highest BCUT2D eigenvalue weighted by Crippen LogP contribution is 2.26. The van der Waals surface area contributed by atoms with Crippen LogP contribution in [0.3, 0.4) is 0 Å². The molecule has 2 rings (SSSR count). The minimum absolute atomic E-state index is 0.0113. The van der Waals surface area contributed by atoms with Crippen LogP contribution < -0.4 is 11.3 Å². The lowest BCUT2D eigenvalue weighted by atomic mass is 10.00. The highest BCUT2D eigenvalue weighted by Gasteiger charge is 2.31. The van der Waals surface area contributed by atoms with Gasteiger partial charge in [-0.25, -0.2) is 0 Å². The lowest BCUT2D eigenvalue weighted by molar-refractivity contribution is 0.455. The molecule has 90 valence electrons. The third-order valence-corrected chi connectivity index (χ3v) is 4.90. The first-order valence-electron chi connectivity index (χ1n) is 5.42. The number of thiocarbonyl (C=S) groups is 1. The first-order chi connectivity index (χ1) is 8.00. The van der Waals surface area contributed by atoms with E-state index < -0.39 is 5.54 Å². The molecule has 0 spiro atoms. The van der Waals surface area contributed by atoms with Crippen molar-refractivity contribution >= 4 is 38.8 Å². The molecule has 1 aromatic carbocycles. The summed E-state index contributed by atoms with van der Waals surface area (Å²) in [7, 11) is 0. The van der Waals surface area contributed by atoms with Crippen LogP contribution in [-0.4, -0.2) is 8.95 Å². The fourth-order valence-electron chi connectivity index (χ4n) is 1.71. The van der Waals surface area contributed by atoms with Gasteiger partial charge in [-0.2, -0.15) is 0 Å². The molecule has 0 aliphatic heterocycles. The van der Waals surface area contributed by atoms with Crippen LogP contribution in [0.15, 0.2) is 29.1 Å². The second kappa shape index (κ2) is 4.23. The average Bonchev–Trinajstić information content (AvgIpc) is 2.67.